The third-order valence-corrected chi connectivity index (χ3v) is 6.09. The summed E-state index contributed by atoms with van der Waals surface area (Å²) in [6.45, 7) is 8.85. The quantitative estimate of drug-likeness (QED) is 0.541. The number of nitrogens with one attached hydrogen (secondary N) is 2. The van der Waals surface area contributed by atoms with E-state index in [0.717, 1.165) is 64.6 Å². The van der Waals surface area contributed by atoms with Crippen LogP contribution in [0.25, 0.3) is 0 Å². The zero-order valence-electron chi connectivity index (χ0n) is 18.2. The molecule has 0 spiro atoms. The Bertz CT molecular complexity index is 641. The highest BCUT2D eigenvalue weighted by Crippen LogP contribution is 2.33. The number of ether oxygens (including phenoxy) is 3. The van der Waals surface area contributed by atoms with Crippen LogP contribution in [-0.2, 0) is 14.2 Å². The number of methoxy groups -OCH3 is 1. The molecule has 0 bridgehead atoms. The molecule has 2 unspecified atom stereocenters. The number of nitrogens with zero attached hydrogens (tertiary/aromatic N) is 1. The second-order valence-electron chi connectivity index (χ2n) is 8.18. The first-order valence-electron chi connectivity index (χ1n) is 11.0. The normalized spacial score (nSPS) is 24.9. The Labute approximate surface area is 175 Å². The van der Waals surface area contributed by atoms with Crippen LogP contribution in [0, 0.1) is 12.8 Å². The summed E-state index contributed by atoms with van der Waals surface area (Å²) >= 11 is 0. The van der Waals surface area contributed by atoms with E-state index in [4.69, 9.17) is 19.2 Å². The van der Waals surface area contributed by atoms with Crippen LogP contribution in [0.5, 0.6) is 0 Å². The predicted molar refractivity (Wildman–Crippen MR) is 116 cm³/mol. The van der Waals surface area contributed by atoms with Crippen LogP contribution < -0.4 is 10.6 Å². The summed E-state index contributed by atoms with van der Waals surface area (Å²) in [5, 5.41) is 6.93. The maximum Gasteiger partial charge on any atom is 0.191 e. The number of hydrogen-bond donors (Lipinski definition) is 2. The van der Waals surface area contributed by atoms with E-state index in [9.17, 15) is 0 Å². The molecule has 3 rings (SSSR count). The van der Waals surface area contributed by atoms with Crippen molar-refractivity contribution in [2.75, 3.05) is 46.6 Å². The van der Waals surface area contributed by atoms with E-state index in [2.05, 4.69) is 48.7 Å². The molecule has 2 N–H and O–H groups in total. The number of guanidine groups is 1. The summed E-state index contributed by atoms with van der Waals surface area (Å²) in [5.74, 6) is 1.28. The fourth-order valence-corrected chi connectivity index (χ4v) is 4.14. The van der Waals surface area contributed by atoms with Crippen molar-refractivity contribution in [2.24, 2.45) is 10.9 Å². The van der Waals surface area contributed by atoms with Crippen molar-refractivity contribution in [3.63, 3.8) is 0 Å². The van der Waals surface area contributed by atoms with Gasteiger partial charge in [-0.25, -0.2) is 0 Å². The van der Waals surface area contributed by atoms with Gasteiger partial charge in [0, 0.05) is 58.8 Å². The second-order valence-corrected chi connectivity index (χ2v) is 8.18. The second kappa shape index (κ2) is 11.0. The summed E-state index contributed by atoms with van der Waals surface area (Å²) in [5.41, 5.74) is 2.34. The van der Waals surface area contributed by atoms with Crippen molar-refractivity contribution in [1.82, 2.24) is 10.6 Å². The van der Waals surface area contributed by atoms with Crippen molar-refractivity contribution in [3.05, 3.63) is 35.4 Å². The van der Waals surface area contributed by atoms with Crippen molar-refractivity contribution < 1.29 is 14.2 Å². The van der Waals surface area contributed by atoms with Crippen LogP contribution in [0.4, 0.5) is 0 Å². The minimum atomic E-state index is -0.209. The number of benzene rings is 1. The van der Waals surface area contributed by atoms with Crippen LogP contribution >= 0.6 is 0 Å². The number of aryl methyl sites for hydroxylation is 1. The largest absolute Gasteiger partial charge is 0.381 e. The molecule has 162 valence electrons. The molecular weight excluding hydrogens is 366 g/mol. The highest BCUT2D eigenvalue weighted by atomic mass is 16.5. The van der Waals surface area contributed by atoms with Gasteiger partial charge in [-0.2, -0.15) is 0 Å². The molecule has 2 heterocycles. The first kappa shape index (κ1) is 22.1. The van der Waals surface area contributed by atoms with E-state index < -0.39 is 0 Å². The van der Waals surface area contributed by atoms with E-state index in [1.165, 1.54) is 11.1 Å². The molecule has 2 saturated heterocycles. The SMILES string of the molecule is CCNC(=NCC1(OC)CCOCC1)NCC1CCCOC1c1ccc(C)cc1. The van der Waals surface area contributed by atoms with Gasteiger partial charge in [0.1, 0.15) is 0 Å². The van der Waals surface area contributed by atoms with Crippen molar-refractivity contribution in [2.45, 2.75) is 51.2 Å². The first-order chi connectivity index (χ1) is 14.2. The standard InChI is InChI=1S/C23H37N3O3/c1-4-24-22(26-17-23(27-3)11-14-28-15-12-23)25-16-20-6-5-13-29-21(20)19-9-7-18(2)8-10-19/h7-10,20-21H,4-6,11-17H2,1-3H3,(H2,24,25,26). The molecule has 0 aliphatic carbocycles. The molecule has 2 aliphatic rings. The molecule has 2 atom stereocenters. The highest BCUT2D eigenvalue weighted by Gasteiger charge is 2.32. The van der Waals surface area contributed by atoms with Crippen LogP contribution in [-0.4, -0.2) is 58.1 Å². The average Bonchev–Trinajstić information content (AvgIpc) is 2.77. The van der Waals surface area contributed by atoms with E-state index in [1.54, 1.807) is 7.11 Å². The van der Waals surface area contributed by atoms with Crippen LogP contribution in [0.3, 0.4) is 0 Å². The van der Waals surface area contributed by atoms with Gasteiger partial charge in [-0.3, -0.25) is 4.99 Å². The Kier molecular flexibility index (Phi) is 8.33. The number of aliphatic imine (C=N–C) groups is 1. The molecule has 1 aromatic rings. The van der Waals surface area contributed by atoms with Gasteiger partial charge in [-0.05, 0) is 32.3 Å². The zero-order chi connectivity index (χ0) is 20.5. The van der Waals surface area contributed by atoms with Gasteiger partial charge in [-0.1, -0.05) is 29.8 Å². The van der Waals surface area contributed by atoms with Crippen LogP contribution in [0.1, 0.15) is 49.8 Å². The van der Waals surface area contributed by atoms with Gasteiger partial charge in [0.15, 0.2) is 5.96 Å². The fraction of sp³-hybridized carbons (Fsp3) is 0.696. The molecule has 6 heteroatoms. The summed E-state index contributed by atoms with van der Waals surface area (Å²) in [7, 11) is 1.78. The van der Waals surface area contributed by atoms with Gasteiger partial charge in [0.05, 0.1) is 18.2 Å². The lowest BCUT2D eigenvalue weighted by atomic mass is 9.89. The molecule has 29 heavy (non-hydrogen) atoms. The smallest absolute Gasteiger partial charge is 0.191 e. The topological polar surface area (TPSA) is 64.1 Å². The van der Waals surface area contributed by atoms with Gasteiger partial charge in [0.2, 0.25) is 0 Å². The third-order valence-electron chi connectivity index (χ3n) is 6.09. The molecule has 0 aromatic heterocycles. The number of rotatable bonds is 7. The Balaban J connectivity index is 1.62. The molecule has 6 nitrogen and oxygen atoms in total. The molecule has 0 radical (unpaired) electrons. The summed E-state index contributed by atoms with van der Waals surface area (Å²) in [4.78, 5) is 4.85. The van der Waals surface area contributed by atoms with Crippen molar-refractivity contribution in [1.29, 1.82) is 0 Å². The fourth-order valence-electron chi connectivity index (χ4n) is 4.14. The van der Waals surface area contributed by atoms with Crippen LogP contribution in [0.2, 0.25) is 0 Å². The lowest BCUT2D eigenvalue weighted by Crippen LogP contribution is -2.45. The highest BCUT2D eigenvalue weighted by molar-refractivity contribution is 5.79. The van der Waals surface area contributed by atoms with Gasteiger partial charge < -0.3 is 24.8 Å². The van der Waals surface area contributed by atoms with Crippen molar-refractivity contribution >= 4 is 5.96 Å². The summed E-state index contributed by atoms with van der Waals surface area (Å²) in [6, 6.07) is 8.74. The lowest BCUT2D eigenvalue weighted by molar-refractivity contribution is -0.0829. The van der Waals surface area contributed by atoms with E-state index in [1.807, 2.05) is 0 Å². The van der Waals surface area contributed by atoms with Gasteiger partial charge >= 0.3 is 0 Å². The minimum absolute atomic E-state index is 0.139. The lowest BCUT2D eigenvalue weighted by Gasteiger charge is -2.35. The zero-order valence-corrected chi connectivity index (χ0v) is 18.2. The van der Waals surface area contributed by atoms with Crippen molar-refractivity contribution in [3.8, 4) is 0 Å². The third kappa shape index (κ3) is 6.17. The molecule has 0 amide bonds. The average molecular weight is 404 g/mol. The summed E-state index contributed by atoms with van der Waals surface area (Å²) in [6.07, 6.45) is 4.18. The Morgan fingerprint density at radius 3 is 2.62 bits per heavy atom. The van der Waals surface area contributed by atoms with Gasteiger partial charge in [0.25, 0.3) is 0 Å². The van der Waals surface area contributed by atoms with E-state index >= 15 is 0 Å². The Morgan fingerprint density at radius 2 is 1.93 bits per heavy atom. The Hall–Kier alpha value is -1.63. The minimum Gasteiger partial charge on any atom is -0.381 e. The monoisotopic (exact) mass is 403 g/mol. The van der Waals surface area contributed by atoms with E-state index in [0.29, 0.717) is 12.5 Å². The van der Waals surface area contributed by atoms with E-state index in [-0.39, 0.29) is 11.7 Å². The maximum atomic E-state index is 6.16. The summed E-state index contributed by atoms with van der Waals surface area (Å²) < 4.78 is 17.5. The number of hydrogen-bond acceptors (Lipinski definition) is 4. The maximum absolute atomic E-state index is 6.16. The molecule has 2 fully saturated rings. The first-order valence-corrected chi connectivity index (χ1v) is 11.0. The van der Waals surface area contributed by atoms with Crippen LogP contribution in [0.15, 0.2) is 29.3 Å². The predicted octanol–water partition coefficient (Wildman–Crippen LogP) is 3.21. The molecular formula is C23H37N3O3. The Morgan fingerprint density at radius 1 is 1.17 bits per heavy atom. The van der Waals surface area contributed by atoms with Gasteiger partial charge in [-0.15, -0.1) is 0 Å². The molecule has 2 aliphatic heterocycles. The molecule has 0 saturated carbocycles. The molecule has 1 aromatic carbocycles.